The second-order valence-electron chi connectivity index (χ2n) is 4.74. The molecule has 2 radical (unpaired) electrons. The van der Waals surface area contributed by atoms with Gasteiger partial charge in [0.2, 0.25) is 5.79 Å². The van der Waals surface area contributed by atoms with Crippen molar-refractivity contribution >= 4 is 0 Å². The van der Waals surface area contributed by atoms with Gasteiger partial charge in [-0.05, 0) is 12.8 Å². The van der Waals surface area contributed by atoms with Crippen LogP contribution in [0, 0.1) is 19.3 Å². The first-order chi connectivity index (χ1) is 10.5. The molecule has 1 rings (SSSR count). The zero-order chi connectivity index (χ0) is 19.0. The Hall–Kier alpha value is -0.820. The molecule has 2 atom stereocenters. The van der Waals surface area contributed by atoms with Gasteiger partial charge in [0.05, 0.1) is 0 Å². The van der Waals surface area contributed by atoms with Gasteiger partial charge >= 0.3 is 18.9 Å². The molecule has 142 valence electrons. The van der Waals surface area contributed by atoms with Crippen molar-refractivity contribution in [3.05, 3.63) is 13.3 Å². The van der Waals surface area contributed by atoms with E-state index in [2.05, 4.69) is 21.1 Å². The molecule has 0 amide bonds. The van der Waals surface area contributed by atoms with Crippen molar-refractivity contribution in [1.29, 1.82) is 0 Å². The number of hydrogen-bond acceptors (Lipinski definition) is 3. The maximum atomic E-state index is 14.6. The van der Waals surface area contributed by atoms with Crippen LogP contribution in [0.2, 0.25) is 0 Å². The first kappa shape index (κ1) is 21.2. The fraction of sp³-hybridized carbons (Fsp3) is 0.818. The Labute approximate surface area is 128 Å². The molecule has 0 aromatic heterocycles. The average Bonchev–Trinajstić information content (AvgIpc) is 2.55. The normalized spacial score (nSPS) is 28.4. The number of hydrogen-bond donors (Lipinski definition) is 0. The molecular weight excluding hydrogens is 370 g/mol. The van der Waals surface area contributed by atoms with Crippen LogP contribution in [0.15, 0.2) is 0 Å². The molecule has 13 heteroatoms. The molecule has 1 aliphatic carbocycles. The Morgan fingerprint density at radius 3 is 1.75 bits per heavy atom. The van der Waals surface area contributed by atoms with Crippen molar-refractivity contribution in [1.82, 2.24) is 0 Å². The smallest absolute Gasteiger partial charge is 0.332 e. The van der Waals surface area contributed by atoms with E-state index in [-0.39, 0.29) is 6.42 Å². The van der Waals surface area contributed by atoms with E-state index in [1.54, 1.807) is 0 Å². The van der Waals surface area contributed by atoms with E-state index < -0.39 is 55.9 Å². The van der Waals surface area contributed by atoms with Gasteiger partial charge in [-0.25, -0.2) is 4.39 Å². The molecule has 2 unspecified atom stereocenters. The van der Waals surface area contributed by atoms with E-state index in [0.29, 0.717) is 0 Å². The van der Waals surface area contributed by atoms with Crippen molar-refractivity contribution in [2.45, 2.75) is 43.4 Å². The molecule has 0 spiro atoms. The highest BCUT2D eigenvalue weighted by Gasteiger charge is 2.72. The van der Waals surface area contributed by atoms with Gasteiger partial charge in [0, 0.05) is 12.3 Å². The lowest BCUT2D eigenvalue weighted by Gasteiger charge is -2.42. The fourth-order valence-corrected chi connectivity index (χ4v) is 2.19. The molecule has 0 bridgehead atoms. The lowest BCUT2D eigenvalue weighted by Crippen LogP contribution is -2.61. The molecule has 1 aliphatic rings. The van der Waals surface area contributed by atoms with Crippen molar-refractivity contribution in [3.63, 3.8) is 0 Å². The quantitative estimate of drug-likeness (QED) is 0.521. The molecule has 0 saturated heterocycles. The Morgan fingerprint density at radius 1 is 0.958 bits per heavy atom. The molecule has 1 saturated carbocycles. The summed E-state index contributed by atoms with van der Waals surface area (Å²) in [6.07, 6.45) is -18.5. The molecule has 0 aromatic carbocycles. The van der Waals surface area contributed by atoms with E-state index in [1.807, 2.05) is 0 Å². The van der Waals surface area contributed by atoms with Gasteiger partial charge in [0.25, 0.3) is 5.85 Å². The molecule has 0 heterocycles. The van der Waals surface area contributed by atoms with E-state index in [1.165, 1.54) is 0 Å². The second-order valence-corrected chi connectivity index (χ2v) is 4.74. The van der Waals surface area contributed by atoms with E-state index in [9.17, 15) is 43.9 Å². The Morgan fingerprint density at radius 2 is 1.42 bits per heavy atom. The first-order valence-corrected chi connectivity index (χ1v) is 6.10. The topological polar surface area (TPSA) is 27.7 Å². The summed E-state index contributed by atoms with van der Waals surface area (Å²) >= 11 is 0. The summed E-state index contributed by atoms with van der Waals surface area (Å²) in [4.78, 5) is 0. The monoisotopic (exact) mass is 380 g/mol. The van der Waals surface area contributed by atoms with Crippen LogP contribution in [-0.4, -0.2) is 37.1 Å². The molecule has 1 fully saturated rings. The zero-order valence-electron chi connectivity index (χ0n) is 11.5. The summed E-state index contributed by atoms with van der Waals surface area (Å²) < 4.78 is 136. The number of ether oxygens (including phenoxy) is 3. The van der Waals surface area contributed by atoms with Gasteiger partial charge in [0.1, 0.15) is 6.61 Å². The van der Waals surface area contributed by atoms with Crippen LogP contribution < -0.4 is 0 Å². The summed E-state index contributed by atoms with van der Waals surface area (Å²) in [5, 5.41) is 0. The first-order valence-electron chi connectivity index (χ1n) is 6.10. The summed E-state index contributed by atoms with van der Waals surface area (Å²) in [5.41, 5.74) is 0. The molecule has 3 nitrogen and oxygen atoms in total. The van der Waals surface area contributed by atoms with Crippen LogP contribution in [0.4, 0.5) is 43.9 Å². The minimum atomic E-state index is -5.87. The number of halogens is 10. The Bertz CT molecular complexity index is 413. The van der Waals surface area contributed by atoms with Crippen molar-refractivity contribution in [3.8, 4) is 0 Å². The van der Waals surface area contributed by atoms with Crippen LogP contribution in [0.3, 0.4) is 0 Å². The summed E-state index contributed by atoms with van der Waals surface area (Å²) in [5.74, 6) is -10.5. The maximum absolute atomic E-state index is 14.6. The number of rotatable bonds is 5. The highest BCUT2D eigenvalue weighted by molar-refractivity contribution is 5.11. The Kier molecular flexibility index (Phi) is 5.73. The van der Waals surface area contributed by atoms with Gasteiger partial charge in [-0.15, -0.1) is 26.3 Å². The van der Waals surface area contributed by atoms with Crippen molar-refractivity contribution in [2.24, 2.45) is 5.92 Å². The molecule has 0 aromatic rings. The van der Waals surface area contributed by atoms with Crippen molar-refractivity contribution < 1.29 is 58.1 Å². The van der Waals surface area contributed by atoms with Gasteiger partial charge in [-0.2, -0.15) is 13.2 Å². The van der Waals surface area contributed by atoms with Gasteiger partial charge in [-0.1, -0.05) is 6.92 Å². The summed E-state index contributed by atoms with van der Waals surface area (Å²) in [6.45, 7) is 0.574. The number of alkyl halides is 10. The van der Waals surface area contributed by atoms with Gasteiger partial charge < -0.3 is 4.74 Å². The minimum Gasteiger partial charge on any atom is -0.332 e. The maximum Gasteiger partial charge on any atom is 0.525 e. The largest absolute Gasteiger partial charge is 0.525 e. The van der Waals surface area contributed by atoms with E-state index >= 15 is 0 Å². The third kappa shape index (κ3) is 5.09. The summed E-state index contributed by atoms with van der Waals surface area (Å²) in [6, 6.07) is 0. The lowest BCUT2D eigenvalue weighted by atomic mass is 9.97. The third-order valence-electron chi connectivity index (χ3n) is 3.01. The fourth-order valence-electron chi connectivity index (χ4n) is 2.19. The van der Waals surface area contributed by atoms with Gasteiger partial charge in [0.15, 0.2) is 0 Å². The van der Waals surface area contributed by atoms with E-state index in [0.717, 1.165) is 0 Å². The predicted molar refractivity (Wildman–Crippen MR) is 55.2 cm³/mol. The molecule has 24 heavy (non-hydrogen) atoms. The zero-order valence-corrected chi connectivity index (χ0v) is 11.5. The SMILES string of the molecule is [CH2]CC1C[CH]C(F)(OCC(F)(F)F)C1(OC(F)(F)F)OC(F)(F)F. The summed E-state index contributed by atoms with van der Waals surface area (Å²) in [7, 11) is 0. The van der Waals surface area contributed by atoms with Crippen LogP contribution >= 0.6 is 0 Å². The van der Waals surface area contributed by atoms with Crippen LogP contribution in [0.5, 0.6) is 0 Å². The van der Waals surface area contributed by atoms with Crippen LogP contribution in [0.25, 0.3) is 0 Å². The average molecular weight is 380 g/mol. The van der Waals surface area contributed by atoms with Gasteiger partial charge in [-0.3, -0.25) is 9.47 Å². The standard InChI is InChI=1S/C11H10F10O3/c1-2-6-3-4-7(12,22-5-8(13,14)15)9(6,23-10(16,17)18)24-11(19,20)21/h4,6H,1-3,5H2. The van der Waals surface area contributed by atoms with Crippen LogP contribution in [-0.2, 0) is 14.2 Å². The minimum absolute atomic E-state index is 0.0616. The van der Waals surface area contributed by atoms with Crippen LogP contribution in [0.1, 0.15) is 12.8 Å². The predicted octanol–water partition coefficient (Wildman–Crippen LogP) is 4.45. The molecule has 0 aliphatic heterocycles. The highest BCUT2D eigenvalue weighted by atomic mass is 19.4. The lowest BCUT2D eigenvalue weighted by molar-refractivity contribution is -0.523. The molecule has 0 N–H and O–H groups in total. The highest BCUT2D eigenvalue weighted by Crippen LogP contribution is 2.55. The van der Waals surface area contributed by atoms with Crippen molar-refractivity contribution in [2.75, 3.05) is 6.61 Å². The molecular formula is C11H10F10O3. The van der Waals surface area contributed by atoms with E-state index in [4.69, 9.17) is 0 Å². The Balaban J connectivity index is 3.31. The third-order valence-corrected chi connectivity index (χ3v) is 3.01. The second kappa shape index (κ2) is 6.48.